The molecular formula is C13H11NO5S. The summed E-state index contributed by atoms with van der Waals surface area (Å²) in [6.07, 6.45) is 0. The van der Waals surface area contributed by atoms with Gasteiger partial charge in [0.2, 0.25) is 0 Å². The van der Waals surface area contributed by atoms with Gasteiger partial charge in [0.1, 0.15) is 11.5 Å². The zero-order valence-electron chi connectivity index (χ0n) is 10.5. The van der Waals surface area contributed by atoms with E-state index in [-0.39, 0.29) is 22.9 Å². The molecule has 0 amide bonds. The van der Waals surface area contributed by atoms with Gasteiger partial charge in [0.25, 0.3) is 0 Å². The van der Waals surface area contributed by atoms with Crippen molar-refractivity contribution in [1.29, 1.82) is 0 Å². The summed E-state index contributed by atoms with van der Waals surface area (Å²) in [5.74, 6) is -0.894. The minimum absolute atomic E-state index is 0.0184. The van der Waals surface area contributed by atoms with E-state index in [9.17, 15) is 14.9 Å². The van der Waals surface area contributed by atoms with Gasteiger partial charge in [-0.2, -0.15) is 0 Å². The maximum absolute atomic E-state index is 11.0. The predicted molar refractivity (Wildman–Crippen MR) is 73.4 cm³/mol. The van der Waals surface area contributed by atoms with Gasteiger partial charge in [-0.25, -0.2) is 4.79 Å². The molecule has 0 aliphatic heterocycles. The number of thiophene rings is 1. The van der Waals surface area contributed by atoms with Gasteiger partial charge in [0, 0.05) is 11.1 Å². The van der Waals surface area contributed by atoms with E-state index in [0.29, 0.717) is 11.1 Å². The van der Waals surface area contributed by atoms with Crippen LogP contribution < -0.4 is 4.74 Å². The minimum atomic E-state index is -1.03. The second-order valence-electron chi connectivity index (χ2n) is 4.05. The molecule has 0 fully saturated rings. The normalized spacial score (nSPS) is 10.2. The van der Waals surface area contributed by atoms with E-state index in [0.717, 1.165) is 11.3 Å². The van der Waals surface area contributed by atoms with E-state index < -0.39 is 10.9 Å². The monoisotopic (exact) mass is 293 g/mol. The molecule has 1 aromatic carbocycles. The summed E-state index contributed by atoms with van der Waals surface area (Å²) in [4.78, 5) is 21.7. The molecule has 0 saturated heterocycles. The molecule has 104 valence electrons. The summed E-state index contributed by atoms with van der Waals surface area (Å²) in [6.45, 7) is 1.60. The van der Waals surface area contributed by atoms with Crippen LogP contribution in [-0.2, 0) is 6.61 Å². The molecule has 0 unspecified atom stereocenters. The predicted octanol–water partition coefficient (Wildman–Crippen LogP) is 3.24. The van der Waals surface area contributed by atoms with Crippen molar-refractivity contribution in [2.45, 2.75) is 13.5 Å². The number of ether oxygens (including phenoxy) is 1. The summed E-state index contributed by atoms with van der Waals surface area (Å²) < 4.78 is 5.42. The van der Waals surface area contributed by atoms with E-state index in [1.54, 1.807) is 30.5 Å². The molecule has 0 aliphatic rings. The molecule has 2 rings (SSSR count). The largest absolute Gasteiger partial charge is 0.482 e. The average Bonchev–Trinajstić information content (AvgIpc) is 2.84. The van der Waals surface area contributed by atoms with Crippen LogP contribution in [0, 0.1) is 17.0 Å². The molecule has 0 radical (unpaired) electrons. The van der Waals surface area contributed by atoms with Crippen molar-refractivity contribution in [3.63, 3.8) is 0 Å². The van der Waals surface area contributed by atoms with Gasteiger partial charge in [0.15, 0.2) is 5.75 Å². The molecule has 0 atom stereocenters. The molecule has 7 heteroatoms. The summed E-state index contributed by atoms with van der Waals surface area (Å²) in [5, 5.41) is 21.6. The molecule has 0 aliphatic carbocycles. The number of para-hydroxylation sites is 1. The number of carbonyl (C=O) groups is 1. The smallest absolute Gasteiger partial charge is 0.346 e. The van der Waals surface area contributed by atoms with Gasteiger partial charge in [0.05, 0.1) is 4.92 Å². The lowest BCUT2D eigenvalue weighted by Crippen LogP contribution is -2.03. The third kappa shape index (κ3) is 2.77. The summed E-state index contributed by atoms with van der Waals surface area (Å²) in [5.41, 5.74) is 0.897. The minimum Gasteiger partial charge on any atom is -0.482 e. The van der Waals surface area contributed by atoms with Crippen molar-refractivity contribution in [3.05, 3.63) is 55.8 Å². The molecule has 2 aromatic rings. The van der Waals surface area contributed by atoms with Crippen LogP contribution in [-0.4, -0.2) is 16.0 Å². The van der Waals surface area contributed by atoms with Gasteiger partial charge in [-0.15, -0.1) is 11.3 Å². The third-order valence-electron chi connectivity index (χ3n) is 2.71. The Morgan fingerprint density at radius 1 is 1.45 bits per heavy atom. The van der Waals surface area contributed by atoms with Gasteiger partial charge < -0.3 is 9.84 Å². The summed E-state index contributed by atoms with van der Waals surface area (Å²) in [7, 11) is 0. The number of carboxylic acid groups (broad SMARTS) is 1. The topological polar surface area (TPSA) is 89.7 Å². The first-order valence-corrected chi connectivity index (χ1v) is 6.55. The van der Waals surface area contributed by atoms with Crippen molar-refractivity contribution in [1.82, 2.24) is 0 Å². The van der Waals surface area contributed by atoms with E-state index in [2.05, 4.69) is 0 Å². The van der Waals surface area contributed by atoms with E-state index in [4.69, 9.17) is 9.84 Å². The Kier molecular flexibility index (Phi) is 3.99. The summed E-state index contributed by atoms with van der Waals surface area (Å²) >= 11 is 1.09. The Bertz CT molecular complexity index is 665. The standard InChI is InChI=1S/C13H11NO5S/c1-8-3-2-4-10(11(8)14(17)18)19-7-9-5-6-20-12(9)13(15)16/h2-6H,7H2,1H3,(H,15,16). The number of aryl methyl sites for hydroxylation is 1. The van der Waals surface area contributed by atoms with Crippen LogP contribution in [0.2, 0.25) is 0 Å². The van der Waals surface area contributed by atoms with Crippen LogP contribution in [0.3, 0.4) is 0 Å². The second-order valence-corrected chi connectivity index (χ2v) is 4.96. The van der Waals surface area contributed by atoms with E-state index >= 15 is 0 Å². The number of carboxylic acids is 1. The van der Waals surface area contributed by atoms with Gasteiger partial charge in [-0.1, -0.05) is 12.1 Å². The Morgan fingerprint density at radius 2 is 2.20 bits per heavy atom. The third-order valence-corrected chi connectivity index (χ3v) is 3.65. The van der Waals surface area contributed by atoms with Crippen LogP contribution in [0.4, 0.5) is 5.69 Å². The van der Waals surface area contributed by atoms with E-state index in [1.807, 2.05) is 0 Å². The Morgan fingerprint density at radius 3 is 2.85 bits per heavy atom. The average molecular weight is 293 g/mol. The lowest BCUT2D eigenvalue weighted by atomic mass is 10.2. The molecule has 1 N–H and O–H groups in total. The molecule has 20 heavy (non-hydrogen) atoms. The molecular weight excluding hydrogens is 282 g/mol. The number of rotatable bonds is 5. The zero-order chi connectivity index (χ0) is 14.7. The number of nitro groups is 1. The number of nitrogens with zero attached hydrogens (tertiary/aromatic N) is 1. The van der Waals surface area contributed by atoms with Crippen LogP contribution in [0.15, 0.2) is 29.6 Å². The summed E-state index contributed by atoms with van der Waals surface area (Å²) in [6, 6.07) is 6.41. The van der Waals surface area contributed by atoms with Crippen molar-refractivity contribution in [2.24, 2.45) is 0 Å². The number of hydrogen-bond acceptors (Lipinski definition) is 5. The molecule has 0 spiro atoms. The van der Waals surface area contributed by atoms with Crippen LogP contribution >= 0.6 is 11.3 Å². The highest BCUT2D eigenvalue weighted by molar-refractivity contribution is 7.12. The van der Waals surface area contributed by atoms with Crippen molar-refractivity contribution in [3.8, 4) is 5.75 Å². The number of hydrogen-bond donors (Lipinski definition) is 1. The highest BCUT2D eigenvalue weighted by Gasteiger charge is 2.19. The van der Waals surface area contributed by atoms with Crippen molar-refractivity contribution in [2.75, 3.05) is 0 Å². The van der Waals surface area contributed by atoms with Gasteiger partial charge in [-0.05, 0) is 24.4 Å². The van der Waals surface area contributed by atoms with Crippen molar-refractivity contribution < 1.29 is 19.6 Å². The maximum Gasteiger partial charge on any atom is 0.346 e. The number of benzene rings is 1. The lowest BCUT2D eigenvalue weighted by molar-refractivity contribution is -0.386. The Hall–Kier alpha value is -2.41. The highest BCUT2D eigenvalue weighted by Crippen LogP contribution is 2.31. The van der Waals surface area contributed by atoms with Crippen LogP contribution in [0.25, 0.3) is 0 Å². The highest BCUT2D eigenvalue weighted by atomic mass is 32.1. The first-order chi connectivity index (χ1) is 9.50. The van der Waals surface area contributed by atoms with E-state index in [1.165, 1.54) is 6.07 Å². The zero-order valence-corrected chi connectivity index (χ0v) is 11.3. The van der Waals surface area contributed by atoms with Gasteiger partial charge in [-0.3, -0.25) is 10.1 Å². The Labute approximate surface area is 118 Å². The lowest BCUT2D eigenvalue weighted by Gasteiger charge is -2.07. The quantitative estimate of drug-likeness (QED) is 0.675. The molecule has 6 nitrogen and oxygen atoms in total. The van der Waals surface area contributed by atoms with Gasteiger partial charge >= 0.3 is 11.7 Å². The fourth-order valence-electron chi connectivity index (χ4n) is 1.77. The van der Waals surface area contributed by atoms with Crippen molar-refractivity contribution >= 4 is 23.0 Å². The molecule has 0 saturated carbocycles. The molecule has 0 bridgehead atoms. The Balaban J connectivity index is 2.23. The molecule has 1 heterocycles. The number of nitro benzene ring substituents is 1. The maximum atomic E-state index is 11.0. The second kappa shape index (κ2) is 5.70. The first-order valence-electron chi connectivity index (χ1n) is 5.67. The van der Waals surface area contributed by atoms with Crippen LogP contribution in [0.5, 0.6) is 5.75 Å². The SMILES string of the molecule is Cc1cccc(OCc2ccsc2C(=O)O)c1[N+](=O)[O-]. The van der Waals surface area contributed by atoms with Crippen LogP contribution in [0.1, 0.15) is 20.8 Å². The fourth-order valence-corrected chi connectivity index (χ4v) is 2.52. The molecule has 1 aromatic heterocycles. The fraction of sp³-hybridized carbons (Fsp3) is 0.154. The number of aromatic carboxylic acids is 1. The first kappa shape index (κ1) is 14.0.